The highest BCUT2D eigenvalue weighted by Crippen LogP contribution is 2.29. The largest absolute Gasteiger partial charge is 0.396 e. The second kappa shape index (κ2) is 3.88. The Labute approximate surface area is 68.3 Å². The van der Waals surface area contributed by atoms with Crippen LogP contribution in [0.15, 0.2) is 12.7 Å². The fourth-order valence-electron chi connectivity index (χ4n) is 1.71. The van der Waals surface area contributed by atoms with Crippen LogP contribution in [0.3, 0.4) is 0 Å². The van der Waals surface area contributed by atoms with Crippen molar-refractivity contribution in [3.63, 3.8) is 0 Å². The summed E-state index contributed by atoms with van der Waals surface area (Å²) in [7, 11) is 0. The molecule has 0 bridgehead atoms. The number of piperidine rings is 1. The van der Waals surface area contributed by atoms with Crippen LogP contribution in [0.4, 0.5) is 0 Å². The van der Waals surface area contributed by atoms with Crippen LogP contribution in [0.25, 0.3) is 0 Å². The Morgan fingerprint density at radius 2 is 2.45 bits per heavy atom. The van der Waals surface area contributed by atoms with Gasteiger partial charge in [0, 0.05) is 12.0 Å². The van der Waals surface area contributed by atoms with E-state index in [1.54, 1.807) is 0 Å². The average Bonchev–Trinajstić information content (AvgIpc) is 2.07. The molecule has 0 aromatic carbocycles. The average molecular weight is 155 g/mol. The highest BCUT2D eigenvalue weighted by Gasteiger charge is 2.29. The summed E-state index contributed by atoms with van der Waals surface area (Å²) in [5.74, 6) is 0. The number of nitrogens with one attached hydrogen (secondary N) is 1. The lowest BCUT2D eigenvalue weighted by atomic mass is 9.79. The number of aliphatic hydroxyl groups excluding tert-OH is 1. The van der Waals surface area contributed by atoms with Crippen molar-refractivity contribution < 1.29 is 5.11 Å². The van der Waals surface area contributed by atoms with E-state index in [4.69, 9.17) is 0 Å². The van der Waals surface area contributed by atoms with Gasteiger partial charge in [0.05, 0.1) is 6.61 Å². The maximum Gasteiger partial charge on any atom is 0.0502 e. The highest BCUT2D eigenvalue weighted by atomic mass is 16.3. The normalized spacial score (nSPS) is 31.7. The van der Waals surface area contributed by atoms with Gasteiger partial charge in [-0.2, -0.15) is 0 Å². The first-order valence-corrected chi connectivity index (χ1v) is 4.25. The standard InChI is InChI=1S/C9H17NO/c1-2-4-9(8-11)5-3-6-10-7-9/h2,10-11H,1,3-8H2. The van der Waals surface area contributed by atoms with E-state index in [0.29, 0.717) is 0 Å². The van der Waals surface area contributed by atoms with Crippen molar-refractivity contribution in [2.45, 2.75) is 19.3 Å². The molecule has 0 aromatic heterocycles. The third-order valence-electron chi connectivity index (χ3n) is 2.47. The van der Waals surface area contributed by atoms with E-state index in [9.17, 15) is 5.11 Å². The van der Waals surface area contributed by atoms with E-state index >= 15 is 0 Å². The summed E-state index contributed by atoms with van der Waals surface area (Å²) in [5.41, 5.74) is 0.0972. The number of hydrogen-bond donors (Lipinski definition) is 2. The maximum atomic E-state index is 9.18. The van der Waals surface area contributed by atoms with E-state index in [-0.39, 0.29) is 12.0 Å². The molecule has 64 valence electrons. The summed E-state index contributed by atoms with van der Waals surface area (Å²) in [4.78, 5) is 0. The van der Waals surface area contributed by atoms with Crippen LogP contribution in [-0.4, -0.2) is 24.8 Å². The van der Waals surface area contributed by atoms with Crippen molar-refractivity contribution in [3.05, 3.63) is 12.7 Å². The summed E-state index contributed by atoms with van der Waals surface area (Å²) in [6.45, 7) is 6.03. The SMILES string of the molecule is C=CCC1(CO)CCCNC1. The fraction of sp³-hybridized carbons (Fsp3) is 0.778. The van der Waals surface area contributed by atoms with Crippen molar-refractivity contribution in [1.29, 1.82) is 0 Å². The van der Waals surface area contributed by atoms with Crippen LogP contribution in [-0.2, 0) is 0 Å². The zero-order valence-electron chi connectivity index (χ0n) is 6.97. The second-order valence-corrected chi connectivity index (χ2v) is 3.43. The second-order valence-electron chi connectivity index (χ2n) is 3.43. The first-order valence-electron chi connectivity index (χ1n) is 4.25. The molecule has 1 unspecified atom stereocenters. The van der Waals surface area contributed by atoms with E-state index in [1.807, 2.05) is 6.08 Å². The number of allylic oxidation sites excluding steroid dienone is 1. The Kier molecular flexibility index (Phi) is 3.09. The van der Waals surface area contributed by atoms with Gasteiger partial charge in [0.2, 0.25) is 0 Å². The first-order chi connectivity index (χ1) is 5.33. The number of aliphatic hydroxyl groups is 1. The molecule has 2 N–H and O–H groups in total. The predicted molar refractivity (Wildman–Crippen MR) is 46.4 cm³/mol. The molecule has 1 rings (SSSR count). The van der Waals surface area contributed by atoms with E-state index < -0.39 is 0 Å². The van der Waals surface area contributed by atoms with Gasteiger partial charge in [0.1, 0.15) is 0 Å². The van der Waals surface area contributed by atoms with E-state index in [2.05, 4.69) is 11.9 Å². The summed E-state index contributed by atoms with van der Waals surface area (Å²) in [5, 5.41) is 12.5. The third-order valence-corrected chi connectivity index (χ3v) is 2.47. The van der Waals surface area contributed by atoms with Gasteiger partial charge >= 0.3 is 0 Å². The molecule has 0 aromatic rings. The molecule has 1 atom stereocenters. The van der Waals surface area contributed by atoms with Gasteiger partial charge in [-0.15, -0.1) is 6.58 Å². The fourth-order valence-corrected chi connectivity index (χ4v) is 1.71. The highest BCUT2D eigenvalue weighted by molar-refractivity contribution is 4.90. The molecule has 2 heteroatoms. The molecule has 1 aliphatic heterocycles. The van der Waals surface area contributed by atoms with Crippen LogP contribution in [0, 0.1) is 5.41 Å². The topological polar surface area (TPSA) is 32.3 Å². The molecule has 1 heterocycles. The van der Waals surface area contributed by atoms with E-state index in [0.717, 1.165) is 25.9 Å². The maximum absolute atomic E-state index is 9.18. The van der Waals surface area contributed by atoms with Crippen LogP contribution in [0.2, 0.25) is 0 Å². The molecule has 11 heavy (non-hydrogen) atoms. The zero-order chi connectivity index (χ0) is 8.16. The lowest BCUT2D eigenvalue weighted by Gasteiger charge is -2.35. The van der Waals surface area contributed by atoms with Gasteiger partial charge in [-0.05, 0) is 25.8 Å². The zero-order valence-corrected chi connectivity index (χ0v) is 6.97. The molecular weight excluding hydrogens is 138 g/mol. The quantitative estimate of drug-likeness (QED) is 0.594. The number of rotatable bonds is 3. The van der Waals surface area contributed by atoms with Crippen LogP contribution in [0.5, 0.6) is 0 Å². The van der Waals surface area contributed by atoms with Crippen molar-refractivity contribution in [1.82, 2.24) is 5.32 Å². The van der Waals surface area contributed by atoms with Gasteiger partial charge in [-0.3, -0.25) is 0 Å². The third kappa shape index (κ3) is 2.04. The lowest BCUT2D eigenvalue weighted by Crippen LogP contribution is -2.42. The van der Waals surface area contributed by atoms with Gasteiger partial charge < -0.3 is 10.4 Å². The van der Waals surface area contributed by atoms with Crippen LogP contribution < -0.4 is 5.32 Å². The van der Waals surface area contributed by atoms with Crippen LogP contribution >= 0.6 is 0 Å². The minimum Gasteiger partial charge on any atom is -0.396 e. The minimum absolute atomic E-state index is 0.0972. The van der Waals surface area contributed by atoms with Crippen molar-refractivity contribution in [3.8, 4) is 0 Å². The molecule has 1 aliphatic rings. The Morgan fingerprint density at radius 1 is 1.64 bits per heavy atom. The Hall–Kier alpha value is -0.340. The summed E-state index contributed by atoms with van der Waals surface area (Å²) >= 11 is 0. The van der Waals surface area contributed by atoms with Gasteiger partial charge in [-0.25, -0.2) is 0 Å². The van der Waals surface area contributed by atoms with Crippen molar-refractivity contribution in [2.24, 2.45) is 5.41 Å². The molecule has 1 fully saturated rings. The Balaban J connectivity index is 2.49. The molecule has 1 saturated heterocycles. The first kappa shape index (κ1) is 8.75. The molecule has 2 nitrogen and oxygen atoms in total. The van der Waals surface area contributed by atoms with Gasteiger partial charge in [-0.1, -0.05) is 6.08 Å². The summed E-state index contributed by atoms with van der Waals surface area (Å²) in [6, 6.07) is 0. The van der Waals surface area contributed by atoms with Crippen molar-refractivity contribution >= 4 is 0 Å². The van der Waals surface area contributed by atoms with Crippen molar-refractivity contribution in [2.75, 3.05) is 19.7 Å². The van der Waals surface area contributed by atoms with Gasteiger partial charge in [0.25, 0.3) is 0 Å². The molecule has 0 amide bonds. The molecule has 0 saturated carbocycles. The number of hydrogen-bond acceptors (Lipinski definition) is 2. The van der Waals surface area contributed by atoms with Gasteiger partial charge in [0.15, 0.2) is 0 Å². The molecular formula is C9H17NO. The van der Waals surface area contributed by atoms with Crippen LogP contribution in [0.1, 0.15) is 19.3 Å². The minimum atomic E-state index is 0.0972. The molecule has 0 radical (unpaired) electrons. The molecule has 0 spiro atoms. The smallest absolute Gasteiger partial charge is 0.0502 e. The predicted octanol–water partition coefficient (Wildman–Crippen LogP) is 0.925. The Morgan fingerprint density at radius 3 is 2.91 bits per heavy atom. The summed E-state index contributed by atoms with van der Waals surface area (Å²) < 4.78 is 0. The monoisotopic (exact) mass is 155 g/mol. The Bertz CT molecular complexity index is 128. The van der Waals surface area contributed by atoms with E-state index in [1.165, 1.54) is 6.42 Å². The lowest BCUT2D eigenvalue weighted by molar-refractivity contribution is 0.0975. The summed E-state index contributed by atoms with van der Waals surface area (Å²) in [6.07, 6.45) is 5.14. The molecule has 0 aliphatic carbocycles.